The average molecular weight is 262 g/mol. The number of anilines is 1. The van der Waals surface area contributed by atoms with Crippen LogP contribution in [0.15, 0.2) is 11.4 Å². The number of rotatable bonds is 2. The van der Waals surface area contributed by atoms with Crippen molar-refractivity contribution in [3.63, 3.8) is 0 Å². The highest BCUT2D eigenvalue weighted by Gasteiger charge is 2.22. The molecule has 5 heteroatoms. The Morgan fingerprint density at radius 2 is 2.11 bits per heavy atom. The van der Waals surface area contributed by atoms with Crippen LogP contribution in [0.4, 0.5) is 5.00 Å². The Bertz CT molecular complexity index is 537. The molecule has 2 N–H and O–H groups in total. The molecule has 1 aliphatic rings. The molecule has 0 spiro atoms. The standard InChI is InChI=1S/C13H18N4S/c1-17-13(10-7-8-18-11(10)14)15-12(16-17)9-5-3-2-4-6-9/h7-9H,2-6,14H2,1H3. The van der Waals surface area contributed by atoms with Crippen LogP contribution in [0.3, 0.4) is 0 Å². The van der Waals surface area contributed by atoms with Gasteiger partial charge in [-0.3, -0.25) is 0 Å². The van der Waals surface area contributed by atoms with E-state index in [2.05, 4.69) is 5.10 Å². The van der Waals surface area contributed by atoms with E-state index in [0.717, 1.165) is 22.2 Å². The smallest absolute Gasteiger partial charge is 0.161 e. The summed E-state index contributed by atoms with van der Waals surface area (Å²) in [7, 11) is 1.95. The summed E-state index contributed by atoms with van der Waals surface area (Å²) in [5.74, 6) is 2.44. The van der Waals surface area contributed by atoms with Gasteiger partial charge in [0, 0.05) is 13.0 Å². The molecule has 0 aromatic carbocycles. The summed E-state index contributed by atoms with van der Waals surface area (Å²) in [6.07, 6.45) is 6.41. The summed E-state index contributed by atoms with van der Waals surface area (Å²) in [5.41, 5.74) is 6.98. The van der Waals surface area contributed by atoms with Crippen LogP contribution in [0.1, 0.15) is 43.8 Å². The van der Waals surface area contributed by atoms with Crippen molar-refractivity contribution in [3.8, 4) is 11.4 Å². The second-order valence-electron chi connectivity index (χ2n) is 4.95. The molecule has 2 heterocycles. The Hall–Kier alpha value is -1.36. The molecule has 3 rings (SSSR count). The number of aromatic nitrogens is 3. The molecule has 0 amide bonds. The highest BCUT2D eigenvalue weighted by atomic mass is 32.1. The van der Waals surface area contributed by atoms with Gasteiger partial charge < -0.3 is 5.73 Å². The minimum atomic E-state index is 0.540. The molecule has 96 valence electrons. The molecule has 1 saturated carbocycles. The molecule has 0 bridgehead atoms. The Kier molecular flexibility index (Phi) is 3.07. The first-order valence-electron chi connectivity index (χ1n) is 6.50. The maximum Gasteiger partial charge on any atom is 0.161 e. The van der Waals surface area contributed by atoms with Crippen molar-refractivity contribution in [1.82, 2.24) is 14.8 Å². The third kappa shape index (κ3) is 2.03. The van der Waals surface area contributed by atoms with E-state index in [1.807, 2.05) is 23.2 Å². The van der Waals surface area contributed by atoms with Gasteiger partial charge in [0.25, 0.3) is 0 Å². The second-order valence-corrected chi connectivity index (χ2v) is 5.90. The SMILES string of the molecule is Cn1nc(C2CCCCC2)nc1-c1ccsc1N. The van der Waals surface area contributed by atoms with E-state index >= 15 is 0 Å². The van der Waals surface area contributed by atoms with Crippen LogP contribution in [0.5, 0.6) is 0 Å². The van der Waals surface area contributed by atoms with Gasteiger partial charge in [-0.2, -0.15) is 5.10 Å². The fraction of sp³-hybridized carbons (Fsp3) is 0.538. The zero-order valence-corrected chi connectivity index (χ0v) is 11.4. The van der Waals surface area contributed by atoms with Crippen molar-refractivity contribution in [3.05, 3.63) is 17.3 Å². The highest BCUT2D eigenvalue weighted by Crippen LogP contribution is 2.34. The molecule has 0 aliphatic heterocycles. The van der Waals surface area contributed by atoms with E-state index in [4.69, 9.17) is 10.7 Å². The van der Waals surface area contributed by atoms with Crippen molar-refractivity contribution < 1.29 is 0 Å². The quantitative estimate of drug-likeness (QED) is 0.904. The fourth-order valence-electron chi connectivity index (χ4n) is 2.68. The number of nitrogens with zero attached hydrogens (tertiary/aromatic N) is 3. The molecule has 0 saturated heterocycles. The molecule has 1 aliphatic carbocycles. The van der Waals surface area contributed by atoms with E-state index in [0.29, 0.717) is 5.92 Å². The first-order chi connectivity index (χ1) is 8.75. The van der Waals surface area contributed by atoms with E-state index in [9.17, 15) is 0 Å². The van der Waals surface area contributed by atoms with E-state index in [1.165, 1.54) is 32.1 Å². The highest BCUT2D eigenvalue weighted by molar-refractivity contribution is 7.14. The predicted molar refractivity (Wildman–Crippen MR) is 74.6 cm³/mol. The lowest BCUT2D eigenvalue weighted by Gasteiger charge is -2.18. The van der Waals surface area contributed by atoms with Gasteiger partial charge >= 0.3 is 0 Å². The third-order valence-corrected chi connectivity index (χ3v) is 4.43. The molecule has 18 heavy (non-hydrogen) atoms. The van der Waals surface area contributed by atoms with Crippen molar-refractivity contribution in [1.29, 1.82) is 0 Å². The molecule has 2 aromatic rings. The van der Waals surface area contributed by atoms with Gasteiger partial charge in [0.05, 0.1) is 10.6 Å². The molecular weight excluding hydrogens is 244 g/mol. The zero-order chi connectivity index (χ0) is 12.5. The van der Waals surface area contributed by atoms with Crippen LogP contribution in [0, 0.1) is 0 Å². The molecule has 0 atom stereocenters. The number of nitrogen functional groups attached to an aromatic ring is 1. The van der Waals surface area contributed by atoms with Gasteiger partial charge in [0.2, 0.25) is 0 Å². The maximum absolute atomic E-state index is 5.97. The van der Waals surface area contributed by atoms with Gasteiger partial charge in [0.1, 0.15) is 0 Å². The maximum atomic E-state index is 5.97. The van der Waals surface area contributed by atoms with Gasteiger partial charge in [-0.1, -0.05) is 19.3 Å². The zero-order valence-electron chi connectivity index (χ0n) is 10.6. The van der Waals surface area contributed by atoms with Crippen LogP contribution in [-0.4, -0.2) is 14.8 Å². The molecule has 0 radical (unpaired) electrons. The Balaban J connectivity index is 1.93. The fourth-order valence-corrected chi connectivity index (χ4v) is 3.32. The monoisotopic (exact) mass is 262 g/mol. The topological polar surface area (TPSA) is 56.7 Å². The van der Waals surface area contributed by atoms with Crippen molar-refractivity contribution in [2.24, 2.45) is 7.05 Å². The third-order valence-electron chi connectivity index (χ3n) is 3.69. The number of nitrogens with two attached hydrogens (primary N) is 1. The van der Waals surface area contributed by atoms with Crippen LogP contribution < -0.4 is 5.73 Å². The van der Waals surface area contributed by atoms with E-state index in [1.54, 1.807) is 11.3 Å². The lowest BCUT2D eigenvalue weighted by molar-refractivity contribution is 0.427. The van der Waals surface area contributed by atoms with Gasteiger partial charge in [0.15, 0.2) is 11.6 Å². The summed E-state index contributed by atoms with van der Waals surface area (Å²) >= 11 is 1.55. The number of aryl methyl sites for hydroxylation is 1. The summed E-state index contributed by atoms with van der Waals surface area (Å²) in [6.45, 7) is 0. The minimum Gasteiger partial charge on any atom is -0.390 e. The molecular formula is C13H18N4S. The number of hydrogen-bond donors (Lipinski definition) is 1. The lowest BCUT2D eigenvalue weighted by atomic mass is 9.89. The van der Waals surface area contributed by atoms with Crippen LogP contribution in [0.25, 0.3) is 11.4 Å². The first-order valence-corrected chi connectivity index (χ1v) is 7.38. The van der Waals surface area contributed by atoms with Crippen LogP contribution in [0.2, 0.25) is 0 Å². The van der Waals surface area contributed by atoms with Crippen molar-refractivity contribution >= 4 is 16.3 Å². The van der Waals surface area contributed by atoms with E-state index < -0.39 is 0 Å². The van der Waals surface area contributed by atoms with Gasteiger partial charge in [-0.25, -0.2) is 9.67 Å². The van der Waals surface area contributed by atoms with Crippen LogP contribution in [-0.2, 0) is 7.05 Å². The minimum absolute atomic E-state index is 0.540. The second kappa shape index (κ2) is 4.72. The van der Waals surface area contributed by atoms with Gasteiger partial charge in [-0.05, 0) is 24.3 Å². The summed E-state index contributed by atoms with van der Waals surface area (Å²) in [6, 6.07) is 2.02. The van der Waals surface area contributed by atoms with Crippen molar-refractivity contribution in [2.75, 3.05) is 5.73 Å². The average Bonchev–Trinajstić information content (AvgIpc) is 2.96. The number of thiophene rings is 1. The van der Waals surface area contributed by atoms with E-state index in [-0.39, 0.29) is 0 Å². The van der Waals surface area contributed by atoms with Crippen LogP contribution >= 0.6 is 11.3 Å². The summed E-state index contributed by atoms with van der Waals surface area (Å²) in [5, 5.41) is 7.41. The summed E-state index contributed by atoms with van der Waals surface area (Å²) < 4.78 is 1.86. The number of hydrogen-bond acceptors (Lipinski definition) is 4. The normalized spacial score (nSPS) is 17.2. The molecule has 4 nitrogen and oxygen atoms in total. The first kappa shape index (κ1) is 11.7. The molecule has 0 unspecified atom stereocenters. The Labute approximate surface area is 111 Å². The Morgan fingerprint density at radius 1 is 1.33 bits per heavy atom. The predicted octanol–water partition coefficient (Wildman–Crippen LogP) is 3.17. The van der Waals surface area contributed by atoms with Gasteiger partial charge in [-0.15, -0.1) is 11.3 Å². The summed E-state index contributed by atoms with van der Waals surface area (Å²) in [4.78, 5) is 4.72. The lowest BCUT2D eigenvalue weighted by Crippen LogP contribution is -2.06. The van der Waals surface area contributed by atoms with Crippen molar-refractivity contribution in [2.45, 2.75) is 38.0 Å². The molecule has 2 aromatic heterocycles. The largest absolute Gasteiger partial charge is 0.390 e. The Morgan fingerprint density at radius 3 is 2.78 bits per heavy atom. The molecule has 1 fully saturated rings.